The van der Waals surface area contributed by atoms with Crippen molar-refractivity contribution in [3.63, 3.8) is 0 Å². The Balaban J connectivity index is 1.74. The lowest BCUT2D eigenvalue weighted by Crippen LogP contribution is -2.25. The van der Waals surface area contributed by atoms with Gasteiger partial charge >= 0.3 is 11.9 Å². The van der Waals surface area contributed by atoms with E-state index >= 15 is 0 Å². The Labute approximate surface area is 158 Å². The average Bonchev–Trinajstić information content (AvgIpc) is 2.62. The first kappa shape index (κ1) is 20.0. The lowest BCUT2D eigenvalue weighted by Gasteiger charge is -2.17. The van der Waals surface area contributed by atoms with Crippen LogP contribution >= 0.6 is 0 Å². The highest BCUT2D eigenvalue weighted by Crippen LogP contribution is 2.14. The number of hydrogen-bond acceptors (Lipinski definition) is 6. The highest BCUT2D eigenvalue weighted by Gasteiger charge is 2.19. The fourth-order valence-corrected chi connectivity index (χ4v) is 2.14. The number of hydrogen-bond donors (Lipinski definition) is 0. The van der Waals surface area contributed by atoms with E-state index in [1.54, 1.807) is 62.4 Å². The molecule has 0 radical (unpaired) electrons. The van der Waals surface area contributed by atoms with Crippen molar-refractivity contribution < 1.29 is 28.5 Å². The van der Waals surface area contributed by atoms with Gasteiger partial charge in [0.1, 0.15) is 11.5 Å². The first-order chi connectivity index (χ1) is 12.9. The Hall–Kier alpha value is -3.28. The van der Waals surface area contributed by atoms with Crippen LogP contribution in [0.2, 0.25) is 0 Å². The number of rotatable bonds is 9. The first-order valence-electron chi connectivity index (χ1n) is 8.45. The molecule has 2 aromatic rings. The van der Waals surface area contributed by atoms with Crippen molar-refractivity contribution in [3.05, 3.63) is 72.8 Å². The van der Waals surface area contributed by atoms with E-state index in [1.165, 1.54) is 0 Å². The van der Waals surface area contributed by atoms with E-state index in [-0.39, 0.29) is 12.0 Å². The minimum atomic E-state index is -0.826. The van der Waals surface area contributed by atoms with Crippen molar-refractivity contribution in [2.75, 3.05) is 0 Å². The van der Waals surface area contributed by atoms with Gasteiger partial charge in [-0.05, 0) is 24.3 Å². The highest BCUT2D eigenvalue weighted by atomic mass is 16.7. The predicted molar refractivity (Wildman–Crippen MR) is 99.0 cm³/mol. The summed E-state index contributed by atoms with van der Waals surface area (Å²) in [5, 5.41) is 0. The third-order valence-corrected chi connectivity index (χ3v) is 3.31. The smallest absolute Gasteiger partial charge is 0.337 e. The molecule has 0 aliphatic heterocycles. The van der Waals surface area contributed by atoms with Gasteiger partial charge in [0, 0.05) is 19.4 Å². The van der Waals surface area contributed by atoms with Crippen molar-refractivity contribution in [1.29, 1.82) is 0 Å². The van der Waals surface area contributed by atoms with Gasteiger partial charge in [-0.1, -0.05) is 43.0 Å². The van der Waals surface area contributed by atoms with Gasteiger partial charge in [-0.15, -0.1) is 0 Å². The van der Waals surface area contributed by atoms with E-state index < -0.39 is 24.5 Å². The fraction of sp³-hybridized carbons (Fsp3) is 0.238. The van der Waals surface area contributed by atoms with Crippen LogP contribution < -0.4 is 9.47 Å². The standard InChI is InChI=1S/C21H22O6/c1-15(21(23)27-17(3)25-19-12-8-5-9-13-19)14-20(22)26-16(2)24-18-10-6-4-7-11-18/h4-13,16-17H,1,14H2,2-3H3. The third-order valence-electron chi connectivity index (χ3n) is 3.31. The average molecular weight is 370 g/mol. The van der Waals surface area contributed by atoms with Gasteiger partial charge in [0.05, 0.1) is 6.42 Å². The Kier molecular flexibility index (Phi) is 7.43. The normalized spacial score (nSPS) is 12.4. The Morgan fingerprint density at radius 3 is 1.74 bits per heavy atom. The molecule has 0 saturated heterocycles. The van der Waals surface area contributed by atoms with Crippen LogP contribution in [0.15, 0.2) is 72.8 Å². The summed E-state index contributed by atoms with van der Waals surface area (Å²) in [7, 11) is 0. The zero-order valence-corrected chi connectivity index (χ0v) is 15.3. The zero-order chi connectivity index (χ0) is 19.6. The monoisotopic (exact) mass is 370 g/mol. The molecule has 0 aliphatic carbocycles. The summed E-state index contributed by atoms with van der Waals surface area (Å²) in [5.41, 5.74) is -0.0320. The topological polar surface area (TPSA) is 71.1 Å². The van der Waals surface area contributed by atoms with E-state index in [0.29, 0.717) is 11.5 Å². The van der Waals surface area contributed by atoms with Gasteiger partial charge in [-0.2, -0.15) is 0 Å². The number of carbonyl (C=O) groups is 2. The van der Waals surface area contributed by atoms with Crippen LogP contribution in [0.1, 0.15) is 20.3 Å². The van der Waals surface area contributed by atoms with Crippen molar-refractivity contribution >= 4 is 11.9 Å². The van der Waals surface area contributed by atoms with E-state index in [2.05, 4.69) is 6.58 Å². The van der Waals surface area contributed by atoms with Crippen molar-refractivity contribution in [1.82, 2.24) is 0 Å². The second-order valence-corrected chi connectivity index (χ2v) is 5.67. The number of benzene rings is 2. The molecule has 0 N–H and O–H groups in total. The molecule has 0 spiro atoms. The molecule has 2 atom stereocenters. The molecular weight excluding hydrogens is 348 g/mol. The maximum Gasteiger partial charge on any atom is 0.337 e. The fourth-order valence-electron chi connectivity index (χ4n) is 2.14. The number of esters is 2. The van der Waals surface area contributed by atoms with E-state index in [9.17, 15) is 9.59 Å². The summed E-state index contributed by atoms with van der Waals surface area (Å²) in [6, 6.07) is 17.9. The second-order valence-electron chi connectivity index (χ2n) is 5.67. The summed E-state index contributed by atoms with van der Waals surface area (Å²) < 4.78 is 21.1. The van der Waals surface area contributed by atoms with Crippen molar-refractivity contribution in [3.8, 4) is 11.5 Å². The van der Waals surface area contributed by atoms with E-state index in [4.69, 9.17) is 18.9 Å². The van der Waals surface area contributed by atoms with Gasteiger partial charge in [0.25, 0.3) is 0 Å². The van der Waals surface area contributed by atoms with Crippen LogP contribution in [0.3, 0.4) is 0 Å². The van der Waals surface area contributed by atoms with E-state index in [0.717, 1.165) is 0 Å². The Morgan fingerprint density at radius 2 is 1.26 bits per heavy atom. The Bertz CT molecular complexity index is 757. The van der Waals surface area contributed by atoms with Gasteiger partial charge < -0.3 is 18.9 Å². The molecule has 0 heterocycles. The molecule has 27 heavy (non-hydrogen) atoms. The summed E-state index contributed by atoms with van der Waals surface area (Å²) in [6.45, 7) is 6.73. The van der Waals surface area contributed by atoms with Crippen LogP contribution in [0.4, 0.5) is 0 Å². The molecule has 142 valence electrons. The summed E-state index contributed by atoms with van der Waals surface area (Å²) >= 11 is 0. The minimum absolute atomic E-state index is 0.0320. The molecule has 0 fully saturated rings. The largest absolute Gasteiger partial charge is 0.455 e. The van der Waals surface area contributed by atoms with Crippen LogP contribution in [0, 0.1) is 0 Å². The van der Waals surface area contributed by atoms with E-state index in [1.807, 2.05) is 12.1 Å². The number of ether oxygens (including phenoxy) is 4. The number of para-hydroxylation sites is 2. The predicted octanol–water partition coefficient (Wildman–Crippen LogP) is 3.87. The van der Waals surface area contributed by atoms with Gasteiger partial charge in [0.2, 0.25) is 12.6 Å². The van der Waals surface area contributed by atoms with Gasteiger partial charge in [-0.25, -0.2) is 4.79 Å². The van der Waals surface area contributed by atoms with Crippen LogP contribution in [0.5, 0.6) is 11.5 Å². The zero-order valence-electron chi connectivity index (χ0n) is 15.3. The Morgan fingerprint density at radius 1 is 0.815 bits per heavy atom. The molecule has 2 aromatic carbocycles. The summed E-state index contributed by atoms with van der Waals surface area (Å²) in [5.74, 6) is -0.235. The maximum atomic E-state index is 12.0. The molecule has 0 aliphatic rings. The number of carbonyl (C=O) groups excluding carboxylic acids is 2. The second kappa shape index (κ2) is 10.0. The molecule has 6 heteroatoms. The molecule has 0 amide bonds. The first-order valence-corrected chi connectivity index (χ1v) is 8.45. The van der Waals surface area contributed by atoms with Crippen LogP contribution in [0.25, 0.3) is 0 Å². The molecule has 0 aromatic heterocycles. The van der Waals surface area contributed by atoms with Gasteiger partial charge in [0.15, 0.2) is 0 Å². The van der Waals surface area contributed by atoms with Crippen molar-refractivity contribution in [2.24, 2.45) is 0 Å². The minimum Gasteiger partial charge on any atom is -0.455 e. The van der Waals surface area contributed by atoms with Crippen LogP contribution in [-0.2, 0) is 19.1 Å². The highest BCUT2D eigenvalue weighted by molar-refractivity contribution is 5.93. The third kappa shape index (κ3) is 7.23. The quantitative estimate of drug-likeness (QED) is 0.379. The molecular formula is C21H22O6. The summed E-state index contributed by atoms with van der Waals surface area (Å²) in [6.07, 6.45) is -1.93. The lowest BCUT2D eigenvalue weighted by molar-refractivity contribution is -0.164. The molecule has 2 rings (SSSR count). The maximum absolute atomic E-state index is 12.0. The van der Waals surface area contributed by atoms with Gasteiger partial charge in [-0.3, -0.25) is 4.79 Å². The van der Waals surface area contributed by atoms with Crippen molar-refractivity contribution in [2.45, 2.75) is 32.8 Å². The molecule has 6 nitrogen and oxygen atoms in total. The summed E-state index contributed by atoms with van der Waals surface area (Å²) in [4.78, 5) is 23.9. The molecule has 2 unspecified atom stereocenters. The lowest BCUT2D eigenvalue weighted by atomic mass is 10.2. The molecule has 0 bridgehead atoms. The van der Waals surface area contributed by atoms with Crippen LogP contribution in [-0.4, -0.2) is 24.5 Å². The molecule has 0 saturated carbocycles. The SMILES string of the molecule is C=C(CC(=O)OC(C)Oc1ccccc1)C(=O)OC(C)Oc1ccccc1.